The van der Waals surface area contributed by atoms with E-state index in [2.05, 4.69) is 15.6 Å². The van der Waals surface area contributed by atoms with Gasteiger partial charge in [-0.2, -0.15) is 0 Å². The monoisotopic (exact) mass is 318 g/mol. The fraction of sp³-hybridized carbons (Fsp3) is 0.417. The molecule has 0 atom stereocenters. The maximum atomic E-state index is 11.7. The molecular formula is C12H16Cl2N4O2. The highest BCUT2D eigenvalue weighted by molar-refractivity contribution is 6.34. The molecule has 0 saturated heterocycles. The minimum absolute atomic E-state index is 0.0823. The number of hydrogen-bond donors (Lipinski definition) is 2. The molecule has 0 unspecified atom stereocenters. The molecule has 8 heteroatoms. The van der Waals surface area contributed by atoms with Crippen LogP contribution in [-0.4, -0.2) is 48.9 Å². The number of pyridine rings is 1. The molecule has 0 aromatic carbocycles. The van der Waals surface area contributed by atoms with Crippen molar-refractivity contribution in [3.05, 3.63) is 22.4 Å². The highest BCUT2D eigenvalue weighted by atomic mass is 35.5. The molecule has 1 aromatic heterocycles. The van der Waals surface area contributed by atoms with Crippen molar-refractivity contribution in [2.45, 2.75) is 6.42 Å². The van der Waals surface area contributed by atoms with Gasteiger partial charge >= 0.3 is 0 Å². The summed E-state index contributed by atoms with van der Waals surface area (Å²) >= 11 is 11.5. The minimum atomic E-state index is -0.460. The Bertz CT molecular complexity index is 494. The number of rotatable bonds is 6. The molecule has 1 heterocycles. The number of carbonyl (C=O) groups is 2. The second kappa shape index (κ2) is 8.04. The van der Waals surface area contributed by atoms with E-state index in [-0.39, 0.29) is 22.6 Å². The van der Waals surface area contributed by atoms with Gasteiger partial charge in [0.05, 0.1) is 5.69 Å². The van der Waals surface area contributed by atoms with Gasteiger partial charge in [0, 0.05) is 13.1 Å². The second-order valence-corrected chi connectivity index (χ2v) is 5.10. The van der Waals surface area contributed by atoms with Crippen molar-refractivity contribution in [2.24, 2.45) is 0 Å². The van der Waals surface area contributed by atoms with Gasteiger partial charge in [-0.1, -0.05) is 23.2 Å². The summed E-state index contributed by atoms with van der Waals surface area (Å²) in [4.78, 5) is 28.9. The average molecular weight is 319 g/mol. The first-order valence-electron chi connectivity index (χ1n) is 5.92. The van der Waals surface area contributed by atoms with E-state index < -0.39 is 5.91 Å². The molecule has 0 saturated carbocycles. The maximum Gasteiger partial charge on any atom is 0.233 e. The van der Waals surface area contributed by atoms with Gasteiger partial charge in [0.15, 0.2) is 5.15 Å². The molecule has 6 nitrogen and oxygen atoms in total. The van der Waals surface area contributed by atoms with Crippen LogP contribution >= 0.6 is 23.2 Å². The van der Waals surface area contributed by atoms with Crippen molar-refractivity contribution in [1.29, 1.82) is 0 Å². The molecule has 20 heavy (non-hydrogen) atoms. The number of amides is 2. The second-order valence-electron chi connectivity index (χ2n) is 4.35. The first-order valence-corrected chi connectivity index (χ1v) is 6.67. The van der Waals surface area contributed by atoms with E-state index in [1.54, 1.807) is 0 Å². The van der Waals surface area contributed by atoms with Gasteiger partial charge in [-0.15, -0.1) is 0 Å². The van der Waals surface area contributed by atoms with Crippen LogP contribution in [0.25, 0.3) is 0 Å². The van der Waals surface area contributed by atoms with Crippen LogP contribution in [0.3, 0.4) is 0 Å². The zero-order chi connectivity index (χ0) is 15.1. The average Bonchev–Trinajstić information content (AvgIpc) is 2.32. The van der Waals surface area contributed by atoms with Crippen LogP contribution in [0, 0.1) is 0 Å². The SMILES string of the molecule is CN(C)CCNC(=O)CC(=O)Nc1ccc(Cl)nc1Cl. The summed E-state index contributed by atoms with van der Waals surface area (Å²) in [6.45, 7) is 1.20. The third-order valence-corrected chi connectivity index (χ3v) is 2.79. The Hall–Kier alpha value is -1.37. The molecule has 1 aromatic rings. The third kappa shape index (κ3) is 6.18. The summed E-state index contributed by atoms with van der Waals surface area (Å²) in [6, 6.07) is 3.03. The number of hydrogen-bond acceptors (Lipinski definition) is 4. The molecule has 0 spiro atoms. The summed E-state index contributed by atoms with van der Waals surface area (Å²) in [5.74, 6) is -0.805. The van der Waals surface area contributed by atoms with Crippen molar-refractivity contribution in [1.82, 2.24) is 15.2 Å². The summed E-state index contributed by atoms with van der Waals surface area (Å²) in [7, 11) is 3.79. The summed E-state index contributed by atoms with van der Waals surface area (Å²) < 4.78 is 0. The van der Waals surface area contributed by atoms with Crippen molar-refractivity contribution < 1.29 is 9.59 Å². The Kier molecular flexibility index (Phi) is 6.70. The van der Waals surface area contributed by atoms with Crippen LogP contribution in [-0.2, 0) is 9.59 Å². The van der Waals surface area contributed by atoms with Crippen molar-refractivity contribution >= 4 is 40.7 Å². The van der Waals surface area contributed by atoms with E-state index in [0.717, 1.165) is 0 Å². The van der Waals surface area contributed by atoms with Gasteiger partial charge in [-0.05, 0) is 26.2 Å². The highest BCUT2D eigenvalue weighted by Gasteiger charge is 2.11. The lowest BCUT2D eigenvalue weighted by molar-refractivity contribution is -0.126. The van der Waals surface area contributed by atoms with Crippen molar-refractivity contribution in [3.8, 4) is 0 Å². The van der Waals surface area contributed by atoms with Gasteiger partial charge in [0.1, 0.15) is 11.6 Å². The fourth-order valence-corrected chi connectivity index (χ4v) is 1.72. The minimum Gasteiger partial charge on any atom is -0.354 e. The summed E-state index contributed by atoms with van der Waals surface area (Å²) in [6.07, 6.45) is -0.271. The van der Waals surface area contributed by atoms with Crippen LogP contribution < -0.4 is 10.6 Å². The van der Waals surface area contributed by atoms with Crippen molar-refractivity contribution in [3.63, 3.8) is 0 Å². The summed E-state index contributed by atoms with van der Waals surface area (Å²) in [5.41, 5.74) is 0.321. The van der Waals surface area contributed by atoms with Crippen LogP contribution in [0.2, 0.25) is 10.3 Å². The molecule has 0 aliphatic rings. The number of aromatic nitrogens is 1. The third-order valence-electron chi connectivity index (χ3n) is 2.29. The molecule has 0 aliphatic carbocycles. The van der Waals surface area contributed by atoms with Gasteiger partial charge in [0.25, 0.3) is 0 Å². The predicted molar refractivity (Wildman–Crippen MR) is 79.1 cm³/mol. The van der Waals surface area contributed by atoms with Crippen LogP contribution in [0.1, 0.15) is 6.42 Å². The molecule has 1 rings (SSSR count). The quantitative estimate of drug-likeness (QED) is 0.614. The largest absolute Gasteiger partial charge is 0.354 e. The Balaban J connectivity index is 2.41. The zero-order valence-electron chi connectivity index (χ0n) is 11.2. The van der Waals surface area contributed by atoms with Gasteiger partial charge in [0.2, 0.25) is 11.8 Å². The predicted octanol–water partition coefficient (Wildman–Crippen LogP) is 1.39. The molecule has 0 bridgehead atoms. The van der Waals surface area contributed by atoms with E-state index in [0.29, 0.717) is 18.8 Å². The Morgan fingerprint density at radius 2 is 1.95 bits per heavy atom. The standard InChI is InChI=1S/C12H16Cl2N4O2/c1-18(2)6-5-15-10(19)7-11(20)16-8-3-4-9(13)17-12(8)14/h3-4H,5-7H2,1-2H3,(H,15,19)(H,16,20). The number of nitrogens with one attached hydrogen (secondary N) is 2. The topological polar surface area (TPSA) is 74.3 Å². The molecule has 2 N–H and O–H groups in total. The van der Waals surface area contributed by atoms with Crippen LogP contribution in [0.5, 0.6) is 0 Å². The molecule has 0 radical (unpaired) electrons. The molecular weight excluding hydrogens is 303 g/mol. The van der Waals surface area contributed by atoms with Crippen LogP contribution in [0.4, 0.5) is 5.69 Å². The van der Waals surface area contributed by atoms with E-state index in [4.69, 9.17) is 23.2 Å². The highest BCUT2D eigenvalue weighted by Crippen LogP contribution is 2.21. The first-order chi connectivity index (χ1) is 9.38. The molecule has 0 aliphatic heterocycles. The van der Waals surface area contributed by atoms with E-state index >= 15 is 0 Å². The number of nitrogens with zero attached hydrogens (tertiary/aromatic N) is 2. The Morgan fingerprint density at radius 3 is 2.55 bits per heavy atom. The number of halogens is 2. The van der Waals surface area contributed by atoms with Gasteiger partial charge in [-0.25, -0.2) is 4.98 Å². The van der Waals surface area contributed by atoms with E-state index in [1.165, 1.54) is 12.1 Å². The smallest absolute Gasteiger partial charge is 0.233 e. The van der Waals surface area contributed by atoms with E-state index in [1.807, 2.05) is 19.0 Å². The van der Waals surface area contributed by atoms with Crippen molar-refractivity contribution in [2.75, 3.05) is 32.5 Å². The normalized spacial score (nSPS) is 10.4. The Labute approximate surface area is 127 Å². The number of anilines is 1. The lowest BCUT2D eigenvalue weighted by atomic mass is 10.3. The summed E-state index contributed by atoms with van der Waals surface area (Å²) in [5, 5.41) is 5.46. The number of likely N-dealkylation sites (N-methyl/N-ethyl adjacent to an activating group) is 1. The Morgan fingerprint density at radius 1 is 1.25 bits per heavy atom. The lowest BCUT2D eigenvalue weighted by Gasteiger charge is -2.10. The molecule has 2 amide bonds. The first kappa shape index (κ1) is 16.7. The molecule has 0 fully saturated rings. The number of carbonyl (C=O) groups excluding carboxylic acids is 2. The zero-order valence-corrected chi connectivity index (χ0v) is 12.8. The van der Waals surface area contributed by atoms with Gasteiger partial charge < -0.3 is 15.5 Å². The van der Waals surface area contributed by atoms with E-state index in [9.17, 15) is 9.59 Å². The maximum absolute atomic E-state index is 11.7. The molecule has 110 valence electrons. The van der Waals surface area contributed by atoms with Gasteiger partial charge in [-0.3, -0.25) is 9.59 Å². The lowest BCUT2D eigenvalue weighted by Crippen LogP contribution is -2.33. The van der Waals surface area contributed by atoms with Crippen LogP contribution in [0.15, 0.2) is 12.1 Å². The fourth-order valence-electron chi connectivity index (χ4n) is 1.33.